The number of ether oxygens (including phenoxy) is 1. The third kappa shape index (κ3) is 5.33. The van der Waals surface area contributed by atoms with Crippen LogP contribution in [0, 0.1) is 18.4 Å². The Bertz CT molecular complexity index is 905. The number of anilines is 1. The van der Waals surface area contributed by atoms with Gasteiger partial charge in [-0.25, -0.2) is 4.39 Å². The van der Waals surface area contributed by atoms with Crippen molar-refractivity contribution in [3.63, 3.8) is 0 Å². The summed E-state index contributed by atoms with van der Waals surface area (Å²) >= 11 is 0. The highest BCUT2D eigenvalue weighted by Crippen LogP contribution is 2.41. The van der Waals surface area contributed by atoms with E-state index in [9.17, 15) is 14.0 Å². The fourth-order valence-electron chi connectivity index (χ4n) is 5.55. The maximum Gasteiger partial charge on any atom is 0.303 e. The van der Waals surface area contributed by atoms with Gasteiger partial charge in [-0.1, -0.05) is 47.6 Å². The summed E-state index contributed by atoms with van der Waals surface area (Å²) in [5.41, 5.74) is 10.9. The molecule has 1 saturated heterocycles. The van der Waals surface area contributed by atoms with Crippen molar-refractivity contribution < 1.29 is 18.7 Å². The standard InChI is InChI=1S/C26H39FN2O3Si/c1-18(2)33(19(3)4,20(5)6)13-8-24(30)29(23-15-21(7)14-22(16-23)17-27)26(25(28)31)9-11-32-12-10-26/h14-16,18-20H,9-12,17H2,1-7H3,(H2,28,31). The van der Waals surface area contributed by atoms with Crippen molar-refractivity contribution in [2.45, 2.75) is 90.1 Å². The van der Waals surface area contributed by atoms with Gasteiger partial charge in [-0.3, -0.25) is 14.5 Å². The van der Waals surface area contributed by atoms with E-state index in [0.717, 1.165) is 5.56 Å². The second-order valence-corrected chi connectivity index (χ2v) is 15.7. The van der Waals surface area contributed by atoms with Crippen LogP contribution in [-0.2, 0) is 21.0 Å². The Morgan fingerprint density at radius 1 is 1.09 bits per heavy atom. The Labute approximate surface area is 199 Å². The summed E-state index contributed by atoms with van der Waals surface area (Å²) in [4.78, 5) is 28.1. The first-order valence-electron chi connectivity index (χ1n) is 11.8. The van der Waals surface area contributed by atoms with Crippen molar-refractivity contribution in [2.75, 3.05) is 18.1 Å². The zero-order chi connectivity index (χ0) is 25.0. The molecule has 0 saturated carbocycles. The molecule has 0 radical (unpaired) electrons. The second kappa shape index (κ2) is 10.8. The van der Waals surface area contributed by atoms with Gasteiger partial charge in [0.05, 0.1) is 0 Å². The van der Waals surface area contributed by atoms with Crippen LogP contribution in [0.25, 0.3) is 0 Å². The molecule has 1 aliphatic heterocycles. The van der Waals surface area contributed by atoms with Crippen molar-refractivity contribution in [2.24, 2.45) is 5.73 Å². The largest absolute Gasteiger partial charge is 0.381 e. The fourth-order valence-corrected chi connectivity index (χ4v) is 10.7. The Morgan fingerprint density at radius 2 is 1.64 bits per heavy atom. The first kappa shape index (κ1) is 27.1. The van der Waals surface area contributed by atoms with Crippen LogP contribution < -0.4 is 10.6 Å². The van der Waals surface area contributed by atoms with Crippen molar-refractivity contribution in [1.82, 2.24) is 0 Å². The molecule has 0 atom stereocenters. The number of nitrogens with zero attached hydrogens (tertiary/aromatic N) is 1. The molecule has 2 rings (SSSR count). The molecule has 0 spiro atoms. The molecule has 0 aromatic heterocycles. The minimum Gasteiger partial charge on any atom is -0.381 e. The van der Waals surface area contributed by atoms with E-state index >= 15 is 0 Å². The molecule has 1 aromatic carbocycles. The summed E-state index contributed by atoms with van der Waals surface area (Å²) < 4.78 is 19.1. The number of halogens is 1. The van der Waals surface area contributed by atoms with Gasteiger partial charge in [0.2, 0.25) is 5.91 Å². The summed E-state index contributed by atoms with van der Waals surface area (Å²) in [5.74, 6) is 1.90. The SMILES string of the molecule is Cc1cc(CF)cc(N(C(=O)C#C[Si](C(C)C)(C(C)C)C(C)C)C2(C(N)=O)CCOCC2)c1. The molecule has 0 bridgehead atoms. The molecule has 1 fully saturated rings. The highest BCUT2D eigenvalue weighted by Gasteiger charge is 2.48. The van der Waals surface area contributed by atoms with Crippen LogP contribution in [0.2, 0.25) is 16.6 Å². The predicted octanol–water partition coefficient (Wildman–Crippen LogP) is 5.05. The average molecular weight is 475 g/mol. The number of hydrogen-bond donors (Lipinski definition) is 1. The molecule has 1 aliphatic rings. The monoisotopic (exact) mass is 474 g/mol. The summed E-state index contributed by atoms with van der Waals surface area (Å²) in [7, 11) is -2.18. The van der Waals surface area contributed by atoms with Crippen LogP contribution in [-0.4, -0.2) is 38.6 Å². The number of nitrogens with two attached hydrogens (primary N) is 1. The zero-order valence-electron chi connectivity index (χ0n) is 21.1. The Kier molecular flexibility index (Phi) is 8.89. The van der Waals surface area contributed by atoms with E-state index < -0.39 is 32.1 Å². The molecule has 2 amide bonds. The summed E-state index contributed by atoms with van der Waals surface area (Å²) in [6.07, 6.45) is 0.547. The van der Waals surface area contributed by atoms with Crippen LogP contribution in [0.4, 0.5) is 10.1 Å². The fraction of sp³-hybridized carbons (Fsp3) is 0.615. The van der Waals surface area contributed by atoms with Crippen LogP contribution in [0.1, 0.15) is 65.5 Å². The van der Waals surface area contributed by atoms with Gasteiger partial charge < -0.3 is 10.5 Å². The normalized spacial score (nSPS) is 16.0. The minimum atomic E-state index is -2.18. The number of carbonyl (C=O) groups excluding carboxylic acids is 2. The maximum atomic E-state index is 13.8. The minimum absolute atomic E-state index is 0.274. The number of carbonyl (C=O) groups is 2. The van der Waals surface area contributed by atoms with Crippen LogP contribution in [0.15, 0.2) is 18.2 Å². The lowest BCUT2D eigenvalue weighted by atomic mass is 9.86. The van der Waals surface area contributed by atoms with E-state index in [4.69, 9.17) is 10.5 Å². The molecule has 5 nitrogen and oxygen atoms in total. The van der Waals surface area contributed by atoms with Crippen molar-refractivity contribution in [3.8, 4) is 11.5 Å². The van der Waals surface area contributed by atoms with Crippen LogP contribution in [0.5, 0.6) is 0 Å². The number of benzene rings is 1. The second-order valence-electron chi connectivity index (χ2n) is 10.1. The van der Waals surface area contributed by atoms with Gasteiger partial charge in [0.15, 0.2) is 0 Å². The lowest BCUT2D eigenvalue weighted by Crippen LogP contribution is -2.62. The van der Waals surface area contributed by atoms with E-state index in [0.29, 0.717) is 41.1 Å². The Hall–Kier alpha value is -2.17. The first-order valence-corrected chi connectivity index (χ1v) is 14.1. The van der Waals surface area contributed by atoms with Crippen molar-refractivity contribution in [1.29, 1.82) is 0 Å². The number of primary amides is 1. The molecule has 2 N–H and O–H groups in total. The first-order chi connectivity index (χ1) is 15.4. The van der Waals surface area contributed by atoms with Gasteiger partial charge in [-0.15, -0.1) is 5.54 Å². The lowest BCUT2D eigenvalue weighted by Gasteiger charge is -2.43. The Morgan fingerprint density at radius 3 is 2.09 bits per heavy atom. The number of amides is 2. The quantitative estimate of drug-likeness (QED) is 0.444. The number of rotatable bonds is 7. The molecule has 33 heavy (non-hydrogen) atoms. The Balaban J connectivity index is 2.72. The molecule has 0 unspecified atom stereocenters. The third-order valence-corrected chi connectivity index (χ3v) is 13.5. The smallest absolute Gasteiger partial charge is 0.303 e. The van der Waals surface area contributed by atoms with Gasteiger partial charge in [0, 0.05) is 31.7 Å². The molecular weight excluding hydrogens is 435 g/mol. The highest BCUT2D eigenvalue weighted by molar-refractivity contribution is 6.90. The summed E-state index contributed by atoms with van der Waals surface area (Å²) in [6.45, 7) is 14.9. The predicted molar refractivity (Wildman–Crippen MR) is 134 cm³/mol. The van der Waals surface area contributed by atoms with E-state index in [1.54, 1.807) is 18.2 Å². The maximum absolute atomic E-state index is 13.8. The van der Waals surface area contributed by atoms with Gasteiger partial charge in [0.25, 0.3) is 0 Å². The van der Waals surface area contributed by atoms with E-state index in [2.05, 4.69) is 53.0 Å². The average Bonchev–Trinajstić information content (AvgIpc) is 2.73. The van der Waals surface area contributed by atoms with E-state index in [1.807, 2.05) is 6.92 Å². The summed E-state index contributed by atoms with van der Waals surface area (Å²) in [6, 6.07) is 5.13. The van der Waals surface area contributed by atoms with Crippen molar-refractivity contribution in [3.05, 3.63) is 29.3 Å². The van der Waals surface area contributed by atoms with Gasteiger partial charge in [0.1, 0.15) is 20.3 Å². The van der Waals surface area contributed by atoms with Crippen molar-refractivity contribution >= 4 is 25.6 Å². The number of hydrogen-bond acceptors (Lipinski definition) is 3. The van der Waals surface area contributed by atoms with Crippen LogP contribution in [0.3, 0.4) is 0 Å². The van der Waals surface area contributed by atoms with E-state index in [-0.39, 0.29) is 12.8 Å². The highest BCUT2D eigenvalue weighted by atomic mass is 28.3. The third-order valence-electron chi connectivity index (χ3n) is 7.20. The van der Waals surface area contributed by atoms with Gasteiger partial charge in [-0.05, 0) is 52.7 Å². The topological polar surface area (TPSA) is 72.6 Å². The molecule has 1 aromatic rings. The number of aryl methyl sites for hydroxylation is 1. The van der Waals surface area contributed by atoms with Gasteiger partial charge in [-0.2, -0.15) is 0 Å². The zero-order valence-corrected chi connectivity index (χ0v) is 22.1. The molecule has 7 heteroatoms. The van der Waals surface area contributed by atoms with E-state index in [1.165, 1.54) is 4.90 Å². The molecule has 0 aliphatic carbocycles. The van der Waals surface area contributed by atoms with Gasteiger partial charge >= 0.3 is 5.91 Å². The molecule has 182 valence electrons. The van der Waals surface area contributed by atoms with Crippen LogP contribution >= 0.6 is 0 Å². The number of alkyl halides is 1. The molecule has 1 heterocycles. The summed E-state index contributed by atoms with van der Waals surface area (Å²) in [5, 5.41) is 0. The molecular formula is C26H39FN2O3Si. The lowest BCUT2D eigenvalue weighted by molar-refractivity contribution is -0.130.